The number of aliphatic hydroxyl groups is 1. The van der Waals surface area contributed by atoms with Gasteiger partial charge in [-0.25, -0.2) is 0 Å². The Morgan fingerprint density at radius 2 is 2.21 bits per heavy atom. The van der Waals surface area contributed by atoms with Gasteiger partial charge in [0.05, 0.1) is 18.3 Å². The first kappa shape index (κ1) is 13.1. The van der Waals surface area contributed by atoms with E-state index in [9.17, 15) is 5.11 Å². The topological polar surface area (TPSA) is 50.1 Å². The molecule has 0 saturated heterocycles. The summed E-state index contributed by atoms with van der Waals surface area (Å²) in [7, 11) is 0. The van der Waals surface area contributed by atoms with Gasteiger partial charge in [0.1, 0.15) is 0 Å². The number of hydrogen-bond acceptors (Lipinski definition) is 3. The van der Waals surface area contributed by atoms with Gasteiger partial charge in [0.25, 0.3) is 0 Å². The van der Waals surface area contributed by atoms with Gasteiger partial charge in [0.2, 0.25) is 0 Å². The summed E-state index contributed by atoms with van der Waals surface area (Å²) in [5.74, 6) is 0. The van der Waals surface area contributed by atoms with E-state index in [0.29, 0.717) is 12.1 Å². The molecule has 2 aliphatic carbocycles. The minimum absolute atomic E-state index is 0.0730. The van der Waals surface area contributed by atoms with Gasteiger partial charge in [-0.2, -0.15) is 5.10 Å². The van der Waals surface area contributed by atoms with Crippen LogP contribution in [-0.4, -0.2) is 33.1 Å². The summed E-state index contributed by atoms with van der Waals surface area (Å²) in [5, 5.41) is 18.2. The molecule has 2 N–H and O–H groups in total. The quantitative estimate of drug-likeness (QED) is 0.874. The van der Waals surface area contributed by atoms with Gasteiger partial charge >= 0.3 is 0 Å². The smallest absolute Gasteiger partial charge is 0.0614 e. The molecule has 4 heteroatoms. The van der Waals surface area contributed by atoms with Crippen LogP contribution in [-0.2, 0) is 0 Å². The van der Waals surface area contributed by atoms with Crippen molar-refractivity contribution >= 4 is 0 Å². The highest BCUT2D eigenvalue weighted by Crippen LogP contribution is 2.38. The van der Waals surface area contributed by atoms with E-state index in [1.54, 1.807) is 0 Å². The van der Waals surface area contributed by atoms with Crippen molar-refractivity contribution in [1.29, 1.82) is 0 Å². The molecule has 1 aromatic heterocycles. The van der Waals surface area contributed by atoms with Gasteiger partial charge in [-0.15, -0.1) is 0 Å². The van der Waals surface area contributed by atoms with Crippen LogP contribution in [0.4, 0.5) is 0 Å². The van der Waals surface area contributed by atoms with Gasteiger partial charge in [-0.1, -0.05) is 0 Å². The Morgan fingerprint density at radius 3 is 2.79 bits per heavy atom. The van der Waals surface area contributed by atoms with Gasteiger partial charge in [-0.05, 0) is 58.4 Å². The molecular formula is C15H25N3O. The fraction of sp³-hybridized carbons (Fsp3) is 0.800. The molecule has 0 bridgehead atoms. The summed E-state index contributed by atoms with van der Waals surface area (Å²) in [6.45, 7) is 4.43. The first-order chi connectivity index (χ1) is 9.12. The fourth-order valence-corrected chi connectivity index (χ4v) is 3.54. The Kier molecular flexibility index (Phi) is 3.39. The lowest BCUT2D eigenvalue weighted by Crippen LogP contribution is -2.53. The molecule has 0 aromatic carbocycles. The summed E-state index contributed by atoms with van der Waals surface area (Å²) in [6, 6.07) is 3.22. The summed E-state index contributed by atoms with van der Waals surface area (Å²) in [4.78, 5) is 0. The average molecular weight is 263 g/mol. The van der Waals surface area contributed by atoms with Crippen LogP contribution in [0.3, 0.4) is 0 Å². The Morgan fingerprint density at radius 1 is 1.42 bits per heavy atom. The number of aliphatic hydroxyl groups excluding tert-OH is 1. The molecule has 0 spiro atoms. The third-order valence-electron chi connectivity index (χ3n) is 4.60. The van der Waals surface area contributed by atoms with Crippen molar-refractivity contribution in [3.63, 3.8) is 0 Å². The molecule has 2 unspecified atom stereocenters. The molecule has 1 aromatic rings. The Labute approximate surface area is 115 Å². The zero-order valence-electron chi connectivity index (χ0n) is 12.0. The summed E-state index contributed by atoms with van der Waals surface area (Å²) in [6.07, 6.45) is 6.98. The average Bonchev–Trinajstić information content (AvgIpc) is 3.13. The predicted octanol–water partition coefficient (Wildman–Crippen LogP) is 2.10. The van der Waals surface area contributed by atoms with E-state index in [1.165, 1.54) is 31.4 Å². The van der Waals surface area contributed by atoms with Crippen LogP contribution in [0.2, 0.25) is 0 Å². The number of nitrogens with zero attached hydrogens (tertiary/aromatic N) is 2. The first-order valence-electron chi connectivity index (χ1n) is 7.53. The predicted molar refractivity (Wildman–Crippen MR) is 75.2 cm³/mol. The summed E-state index contributed by atoms with van der Waals surface area (Å²) < 4.78 is 2.17. The van der Waals surface area contributed by atoms with Gasteiger partial charge in [-0.3, -0.25) is 4.68 Å². The second-order valence-electron chi connectivity index (χ2n) is 6.48. The lowest BCUT2D eigenvalue weighted by molar-refractivity contribution is 0.0921. The fourth-order valence-electron chi connectivity index (χ4n) is 3.54. The molecule has 2 aliphatic rings. The number of aryl methyl sites for hydroxylation is 2. The van der Waals surface area contributed by atoms with E-state index in [1.807, 2.05) is 6.92 Å². The first-order valence-corrected chi connectivity index (χ1v) is 7.53. The molecule has 3 rings (SSSR count). The lowest BCUT2D eigenvalue weighted by atomic mass is 9.79. The monoisotopic (exact) mass is 263 g/mol. The second kappa shape index (κ2) is 4.91. The number of nitrogens with one attached hydrogen (secondary N) is 1. The molecule has 0 radical (unpaired) electrons. The van der Waals surface area contributed by atoms with E-state index >= 15 is 0 Å². The number of hydrogen-bond donors (Lipinski definition) is 2. The Bertz CT molecular complexity index is 452. The Balaban J connectivity index is 1.77. The molecule has 106 valence electrons. The molecule has 2 saturated carbocycles. The largest absolute Gasteiger partial charge is 0.394 e. The normalized spacial score (nSPS) is 31.6. The molecule has 0 aliphatic heterocycles. The number of rotatable bonds is 4. The third-order valence-corrected chi connectivity index (χ3v) is 4.60. The van der Waals surface area contributed by atoms with Crippen molar-refractivity contribution < 1.29 is 5.11 Å². The van der Waals surface area contributed by atoms with Gasteiger partial charge in [0.15, 0.2) is 0 Å². The van der Waals surface area contributed by atoms with Crippen molar-refractivity contribution in [2.75, 3.05) is 6.61 Å². The molecule has 0 amide bonds. The van der Waals surface area contributed by atoms with E-state index in [4.69, 9.17) is 0 Å². The van der Waals surface area contributed by atoms with Crippen LogP contribution in [0.25, 0.3) is 0 Å². The van der Waals surface area contributed by atoms with Crippen LogP contribution in [0.1, 0.15) is 56.0 Å². The van der Waals surface area contributed by atoms with E-state index in [0.717, 1.165) is 18.5 Å². The zero-order valence-corrected chi connectivity index (χ0v) is 12.0. The van der Waals surface area contributed by atoms with Crippen molar-refractivity contribution in [2.24, 2.45) is 0 Å². The van der Waals surface area contributed by atoms with Gasteiger partial charge in [0, 0.05) is 17.3 Å². The SMILES string of the molecule is Cc1cc(C)n(C2CCCC(CO)(NC3CC3)C2)n1. The van der Waals surface area contributed by atoms with E-state index < -0.39 is 0 Å². The standard InChI is InChI=1S/C15H25N3O/c1-11-8-12(2)18(17-11)14-4-3-7-15(9-14,10-19)16-13-5-6-13/h8,13-14,16,19H,3-7,9-10H2,1-2H3. The van der Waals surface area contributed by atoms with Crippen LogP contribution in [0.5, 0.6) is 0 Å². The lowest BCUT2D eigenvalue weighted by Gasteiger charge is -2.41. The van der Waals surface area contributed by atoms with Crippen molar-refractivity contribution in [3.8, 4) is 0 Å². The molecule has 2 atom stereocenters. The maximum Gasteiger partial charge on any atom is 0.0614 e. The minimum atomic E-state index is -0.0730. The van der Waals surface area contributed by atoms with Crippen molar-refractivity contribution in [1.82, 2.24) is 15.1 Å². The highest BCUT2D eigenvalue weighted by Gasteiger charge is 2.40. The number of aromatic nitrogens is 2. The van der Waals surface area contributed by atoms with E-state index in [-0.39, 0.29) is 12.1 Å². The van der Waals surface area contributed by atoms with Crippen LogP contribution >= 0.6 is 0 Å². The summed E-state index contributed by atoms with van der Waals surface area (Å²) >= 11 is 0. The van der Waals surface area contributed by atoms with Crippen molar-refractivity contribution in [2.45, 2.75) is 70.0 Å². The highest BCUT2D eigenvalue weighted by atomic mass is 16.3. The molecule has 2 fully saturated rings. The maximum atomic E-state index is 9.87. The van der Waals surface area contributed by atoms with Crippen LogP contribution in [0, 0.1) is 13.8 Å². The second-order valence-corrected chi connectivity index (χ2v) is 6.48. The molecule has 1 heterocycles. The molecule has 4 nitrogen and oxygen atoms in total. The Hall–Kier alpha value is -0.870. The third kappa shape index (κ3) is 2.70. The highest BCUT2D eigenvalue weighted by molar-refractivity contribution is 5.09. The zero-order chi connectivity index (χ0) is 13.5. The van der Waals surface area contributed by atoms with Crippen LogP contribution < -0.4 is 5.32 Å². The maximum absolute atomic E-state index is 9.87. The summed E-state index contributed by atoms with van der Waals surface area (Å²) in [5.41, 5.74) is 2.26. The minimum Gasteiger partial charge on any atom is -0.394 e. The molecule has 19 heavy (non-hydrogen) atoms. The van der Waals surface area contributed by atoms with Crippen LogP contribution in [0.15, 0.2) is 6.07 Å². The van der Waals surface area contributed by atoms with Gasteiger partial charge < -0.3 is 10.4 Å². The van der Waals surface area contributed by atoms with Crippen molar-refractivity contribution in [3.05, 3.63) is 17.5 Å². The molecular weight excluding hydrogens is 238 g/mol. The van der Waals surface area contributed by atoms with E-state index in [2.05, 4.69) is 28.1 Å².